The molecule has 3 heterocycles. The molecule has 0 spiro atoms. The van der Waals surface area contributed by atoms with E-state index in [9.17, 15) is 9.65 Å². The standard InChI is InChI=1S/C27H20ClFN4O/c1-15(13-30)24-20-6-2-16(10-18(20)14-34-23-12-19(29)5-7-21(23)24)11-22-25(17-3-4-17)32-27-26(28)31-8-9-33(22)27/h2,5-10,12,17H,3-4,11,14H2,1H3/b24-15-. The summed E-state index contributed by atoms with van der Waals surface area (Å²) in [6, 6.07) is 13.0. The fourth-order valence-electron chi connectivity index (χ4n) is 4.77. The van der Waals surface area contributed by atoms with Crippen LogP contribution in [0.1, 0.15) is 59.3 Å². The number of nitriles is 1. The first-order valence-electron chi connectivity index (χ1n) is 11.2. The van der Waals surface area contributed by atoms with Crippen molar-refractivity contribution in [3.8, 4) is 11.8 Å². The summed E-state index contributed by atoms with van der Waals surface area (Å²) in [4.78, 5) is 9.00. The molecular weight excluding hydrogens is 451 g/mol. The highest BCUT2D eigenvalue weighted by Gasteiger charge is 2.31. The predicted molar refractivity (Wildman–Crippen MR) is 127 cm³/mol. The number of nitrogens with zero attached hydrogens (tertiary/aromatic N) is 4. The van der Waals surface area contributed by atoms with Crippen molar-refractivity contribution in [2.45, 2.75) is 38.7 Å². The number of ether oxygens (including phenoxy) is 1. The molecule has 34 heavy (non-hydrogen) atoms. The maximum atomic E-state index is 13.9. The van der Waals surface area contributed by atoms with Crippen molar-refractivity contribution < 1.29 is 9.13 Å². The van der Waals surface area contributed by atoms with Crippen molar-refractivity contribution in [2.24, 2.45) is 0 Å². The third-order valence-corrected chi connectivity index (χ3v) is 6.81. The van der Waals surface area contributed by atoms with Gasteiger partial charge in [-0.05, 0) is 48.6 Å². The molecule has 0 unspecified atom stereocenters. The van der Waals surface area contributed by atoms with E-state index in [1.54, 1.807) is 19.2 Å². The van der Waals surface area contributed by atoms with E-state index in [2.05, 4.69) is 23.2 Å². The number of halogens is 2. The Morgan fingerprint density at radius 1 is 1.24 bits per heavy atom. The second-order valence-corrected chi connectivity index (χ2v) is 9.20. The molecule has 0 atom stereocenters. The molecule has 0 amide bonds. The number of fused-ring (bicyclic) bond motifs is 3. The summed E-state index contributed by atoms with van der Waals surface area (Å²) in [6.07, 6.45) is 6.55. The van der Waals surface area contributed by atoms with Crippen molar-refractivity contribution in [3.05, 3.63) is 99.0 Å². The first-order valence-corrected chi connectivity index (χ1v) is 11.6. The fraction of sp³-hybridized carbons (Fsp3) is 0.222. The molecule has 0 saturated heterocycles. The van der Waals surface area contributed by atoms with Gasteiger partial charge >= 0.3 is 0 Å². The normalized spacial score (nSPS) is 16.3. The van der Waals surface area contributed by atoms with Gasteiger partial charge in [-0.2, -0.15) is 5.26 Å². The van der Waals surface area contributed by atoms with E-state index in [0.29, 0.717) is 41.1 Å². The van der Waals surface area contributed by atoms with Gasteiger partial charge in [-0.1, -0.05) is 29.8 Å². The van der Waals surface area contributed by atoms with Crippen LogP contribution < -0.4 is 4.74 Å². The Hall–Kier alpha value is -3.69. The van der Waals surface area contributed by atoms with Crippen LogP contribution in [0.15, 0.2) is 54.4 Å². The quantitative estimate of drug-likeness (QED) is 0.333. The first-order chi connectivity index (χ1) is 16.5. The largest absolute Gasteiger partial charge is 0.488 e. The summed E-state index contributed by atoms with van der Waals surface area (Å²) in [5, 5.41) is 10.1. The van der Waals surface area contributed by atoms with Crippen molar-refractivity contribution in [2.75, 3.05) is 0 Å². The highest BCUT2D eigenvalue weighted by atomic mass is 35.5. The number of benzene rings is 2. The van der Waals surface area contributed by atoms with Gasteiger partial charge in [0.2, 0.25) is 0 Å². The maximum Gasteiger partial charge on any atom is 0.175 e. The Balaban J connectivity index is 1.45. The molecule has 0 N–H and O–H groups in total. The van der Waals surface area contributed by atoms with Crippen LogP contribution in [0.25, 0.3) is 11.2 Å². The molecule has 1 saturated carbocycles. The van der Waals surface area contributed by atoms with Crippen LogP contribution in [0.3, 0.4) is 0 Å². The predicted octanol–water partition coefficient (Wildman–Crippen LogP) is 6.23. The van der Waals surface area contributed by atoms with Crippen LogP contribution in [-0.2, 0) is 13.0 Å². The smallest absolute Gasteiger partial charge is 0.175 e. The second-order valence-electron chi connectivity index (χ2n) is 8.84. The summed E-state index contributed by atoms with van der Waals surface area (Å²) >= 11 is 6.33. The number of rotatable bonds is 3. The van der Waals surface area contributed by atoms with Gasteiger partial charge in [0.1, 0.15) is 18.2 Å². The van der Waals surface area contributed by atoms with Gasteiger partial charge in [0.15, 0.2) is 10.8 Å². The minimum absolute atomic E-state index is 0.292. The Kier molecular flexibility index (Phi) is 4.89. The molecule has 0 radical (unpaired) electrons. The van der Waals surface area contributed by atoms with E-state index >= 15 is 0 Å². The average molecular weight is 471 g/mol. The lowest BCUT2D eigenvalue weighted by molar-refractivity contribution is 0.305. The van der Waals surface area contributed by atoms with Gasteiger partial charge in [-0.3, -0.25) is 4.40 Å². The average Bonchev–Trinajstić information content (AvgIpc) is 3.63. The number of hydrogen-bond donors (Lipinski definition) is 0. The van der Waals surface area contributed by atoms with Crippen LogP contribution >= 0.6 is 11.6 Å². The summed E-state index contributed by atoms with van der Waals surface area (Å²) in [7, 11) is 0. The second kappa shape index (κ2) is 7.96. The SMILES string of the molecule is C/C(C#N)=C1\c2ccc(Cc3c(C4CC4)nc4c(Cl)nccn34)cc2COc2cc(F)ccc21. The molecule has 2 aromatic carbocycles. The number of hydrogen-bond acceptors (Lipinski definition) is 4. The van der Waals surface area contributed by atoms with Crippen molar-refractivity contribution in [1.29, 1.82) is 5.26 Å². The lowest BCUT2D eigenvalue weighted by Gasteiger charge is -2.13. The number of imidazole rings is 1. The molecule has 2 aromatic heterocycles. The minimum Gasteiger partial charge on any atom is -0.488 e. The molecule has 4 aromatic rings. The summed E-state index contributed by atoms with van der Waals surface area (Å²) in [5.41, 5.74) is 7.95. The molecule has 0 bridgehead atoms. The van der Waals surface area contributed by atoms with Crippen molar-refractivity contribution in [1.82, 2.24) is 14.4 Å². The highest BCUT2D eigenvalue weighted by Crippen LogP contribution is 2.43. The Labute approximate surface area is 201 Å². The van der Waals surface area contributed by atoms with Gasteiger partial charge in [0, 0.05) is 47.5 Å². The van der Waals surface area contributed by atoms with Crippen LogP contribution in [0.2, 0.25) is 5.15 Å². The zero-order valence-corrected chi connectivity index (χ0v) is 19.2. The topological polar surface area (TPSA) is 63.2 Å². The van der Waals surface area contributed by atoms with Crippen LogP contribution in [0.4, 0.5) is 4.39 Å². The molecule has 6 rings (SSSR count). The van der Waals surface area contributed by atoms with Gasteiger partial charge in [0.05, 0.1) is 17.5 Å². The number of allylic oxidation sites excluding steroid dienone is 1. The zero-order chi connectivity index (χ0) is 23.4. The number of aromatic nitrogens is 3. The monoisotopic (exact) mass is 470 g/mol. The van der Waals surface area contributed by atoms with E-state index in [0.717, 1.165) is 52.1 Å². The van der Waals surface area contributed by atoms with Crippen LogP contribution in [0.5, 0.6) is 5.75 Å². The lowest BCUT2D eigenvalue weighted by atomic mass is 9.89. The molecular formula is C27H20ClFN4O. The van der Waals surface area contributed by atoms with Gasteiger partial charge < -0.3 is 4.74 Å². The molecule has 1 fully saturated rings. The third-order valence-electron chi connectivity index (χ3n) is 6.54. The highest BCUT2D eigenvalue weighted by molar-refractivity contribution is 6.32. The molecule has 1 aliphatic carbocycles. The van der Waals surface area contributed by atoms with Crippen LogP contribution in [0, 0.1) is 17.1 Å². The Morgan fingerprint density at radius 2 is 2.06 bits per heavy atom. The Bertz CT molecular complexity index is 1540. The molecule has 5 nitrogen and oxygen atoms in total. The zero-order valence-electron chi connectivity index (χ0n) is 18.5. The summed E-state index contributed by atoms with van der Waals surface area (Å²) in [6.45, 7) is 2.07. The van der Waals surface area contributed by atoms with E-state index < -0.39 is 0 Å². The molecule has 1 aliphatic heterocycles. The molecule has 7 heteroatoms. The van der Waals surface area contributed by atoms with Gasteiger partial charge in [0.25, 0.3) is 0 Å². The Morgan fingerprint density at radius 3 is 2.85 bits per heavy atom. The first kappa shape index (κ1) is 20.9. The maximum absolute atomic E-state index is 13.9. The van der Waals surface area contributed by atoms with E-state index in [-0.39, 0.29) is 5.82 Å². The van der Waals surface area contributed by atoms with E-state index in [1.807, 2.05) is 16.7 Å². The van der Waals surface area contributed by atoms with Crippen LogP contribution in [-0.4, -0.2) is 14.4 Å². The van der Waals surface area contributed by atoms with Crippen molar-refractivity contribution in [3.63, 3.8) is 0 Å². The minimum atomic E-state index is -0.368. The fourth-order valence-corrected chi connectivity index (χ4v) is 4.96. The molecule has 2 aliphatic rings. The lowest BCUT2D eigenvalue weighted by Crippen LogP contribution is -2.02. The summed E-state index contributed by atoms with van der Waals surface area (Å²) < 4.78 is 22.0. The van der Waals surface area contributed by atoms with Gasteiger partial charge in [-0.25, -0.2) is 14.4 Å². The molecule has 168 valence electrons. The van der Waals surface area contributed by atoms with Gasteiger partial charge in [-0.15, -0.1) is 0 Å². The summed E-state index contributed by atoms with van der Waals surface area (Å²) in [5.74, 6) is 0.544. The van der Waals surface area contributed by atoms with Crippen molar-refractivity contribution >= 4 is 22.8 Å². The van der Waals surface area contributed by atoms with E-state index in [1.165, 1.54) is 12.1 Å². The van der Waals surface area contributed by atoms with E-state index in [4.69, 9.17) is 21.3 Å². The third kappa shape index (κ3) is 3.44.